The molecular weight excluding hydrogens is 270 g/mol. The first kappa shape index (κ1) is 15.6. The molecule has 1 aromatic rings. The van der Waals surface area contributed by atoms with E-state index in [-0.39, 0.29) is 17.8 Å². The Morgan fingerprint density at radius 2 is 2.05 bits per heavy atom. The van der Waals surface area contributed by atoms with E-state index in [1.54, 1.807) is 7.11 Å². The van der Waals surface area contributed by atoms with Gasteiger partial charge < -0.3 is 19.1 Å². The minimum atomic E-state index is -0.155. The predicted octanol–water partition coefficient (Wildman–Crippen LogP) is 1.91. The Morgan fingerprint density at radius 1 is 1.29 bits per heavy atom. The van der Waals surface area contributed by atoms with Gasteiger partial charge in [0.1, 0.15) is 0 Å². The molecule has 1 aliphatic rings. The van der Waals surface area contributed by atoms with E-state index < -0.39 is 0 Å². The Bertz CT molecular complexity index is 503. The van der Waals surface area contributed by atoms with Gasteiger partial charge in [0.2, 0.25) is 0 Å². The number of hydrogen-bond acceptors (Lipinski definition) is 5. The van der Waals surface area contributed by atoms with Crippen LogP contribution in [0.5, 0.6) is 11.5 Å². The Hall–Kier alpha value is -1.75. The van der Waals surface area contributed by atoms with Gasteiger partial charge in [0.05, 0.1) is 26.7 Å². The van der Waals surface area contributed by atoms with Gasteiger partial charge in [-0.25, -0.2) is 0 Å². The summed E-state index contributed by atoms with van der Waals surface area (Å²) in [6.07, 6.45) is 0. The Morgan fingerprint density at radius 3 is 2.67 bits per heavy atom. The van der Waals surface area contributed by atoms with Crippen LogP contribution in [0.3, 0.4) is 0 Å². The van der Waals surface area contributed by atoms with Crippen LogP contribution in [0, 0.1) is 5.92 Å². The highest BCUT2D eigenvalue weighted by Gasteiger charge is 2.38. The first-order chi connectivity index (χ1) is 10.1. The van der Waals surface area contributed by atoms with Crippen molar-refractivity contribution in [2.45, 2.75) is 12.8 Å². The lowest BCUT2D eigenvalue weighted by molar-refractivity contribution is -0.145. The molecule has 5 heteroatoms. The molecule has 1 saturated heterocycles. The summed E-state index contributed by atoms with van der Waals surface area (Å²) in [6, 6.07) is 5.88. The topological polar surface area (TPSA) is 48.0 Å². The van der Waals surface area contributed by atoms with E-state index in [0.717, 1.165) is 17.9 Å². The Balaban J connectivity index is 2.29. The summed E-state index contributed by atoms with van der Waals surface area (Å²) < 4.78 is 15.9. The van der Waals surface area contributed by atoms with E-state index >= 15 is 0 Å². The number of rotatable bonds is 5. The lowest BCUT2D eigenvalue weighted by atomic mass is 9.89. The highest BCUT2D eigenvalue weighted by Crippen LogP contribution is 2.37. The molecule has 0 radical (unpaired) electrons. The van der Waals surface area contributed by atoms with Gasteiger partial charge in [-0.15, -0.1) is 0 Å². The number of esters is 1. The molecule has 0 amide bonds. The molecule has 1 fully saturated rings. The second-order valence-electron chi connectivity index (χ2n) is 5.30. The normalized spacial score (nSPS) is 22.1. The summed E-state index contributed by atoms with van der Waals surface area (Å²) in [6.45, 7) is 4.07. The molecule has 0 aromatic heterocycles. The van der Waals surface area contributed by atoms with Gasteiger partial charge in [-0.05, 0) is 31.7 Å². The number of carbonyl (C=O) groups excluding carboxylic acids is 1. The van der Waals surface area contributed by atoms with Crippen molar-refractivity contribution < 1.29 is 19.0 Å². The zero-order valence-corrected chi connectivity index (χ0v) is 13.1. The lowest BCUT2D eigenvalue weighted by Gasteiger charge is -2.18. The van der Waals surface area contributed by atoms with Crippen LogP contribution in [0.1, 0.15) is 18.4 Å². The first-order valence-electron chi connectivity index (χ1n) is 7.17. The summed E-state index contributed by atoms with van der Waals surface area (Å²) in [5.41, 5.74) is 1.08. The maximum atomic E-state index is 12.0. The number of ether oxygens (including phenoxy) is 3. The molecule has 0 spiro atoms. The number of benzene rings is 1. The zero-order valence-electron chi connectivity index (χ0n) is 13.1. The number of likely N-dealkylation sites (N-methyl/N-ethyl adjacent to an activating group) is 1. The standard InChI is InChI=1S/C16H23NO4/c1-5-21-14-7-6-11(8-15(14)19-3)12-9-17(2)10-13(12)16(18)20-4/h6-8,12-13H,5,9-10H2,1-4H3. The number of hydrogen-bond donors (Lipinski definition) is 0. The van der Waals surface area contributed by atoms with Crippen LogP contribution >= 0.6 is 0 Å². The molecular formula is C16H23NO4. The zero-order chi connectivity index (χ0) is 15.4. The highest BCUT2D eigenvalue weighted by molar-refractivity contribution is 5.74. The van der Waals surface area contributed by atoms with Gasteiger partial charge in [-0.3, -0.25) is 4.79 Å². The fourth-order valence-electron chi connectivity index (χ4n) is 2.92. The van der Waals surface area contributed by atoms with Crippen LogP contribution in [-0.2, 0) is 9.53 Å². The van der Waals surface area contributed by atoms with Crippen LogP contribution < -0.4 is 9.47 Å². The van der Waals surface area contributed by atoms with E-state index in [0.29, 0.717) is 18.9 Å². The van der Waals surface area contributed by atoms with E-state index in [2.05, 4.69) is 4.90 Å². The molecule has 2 rings (SSSR count). The van der Waals surface area contributed by atoms with E-state index in [4.69, 9.17) is 14.2 Å². The monoisotopic (exact) mass is 293 g/mol. The van der Waals surface area contributed by atoms with Crippen LogP contribution in [-0.4, -0.2) is 51.8 Å². The van der Waals surface area contributed by atoms with Gasteiger partial charge in [0.15, 0.2) is 11.5 Å². The average molecular weight is 293 g/mol. The number of nitrogens with zero attached hydrogens (tertiary/aromatic N) is 1. The van der Waals surface area contributed by atoms with Crippen molar-refractivity contribution >= 4 is 5.97 Å². The molecule has 116 valence electrons. The summed E-state index contributed by atoms with van der Waals surface area (Å²) >= 11 is 0. The summed E-state index contributed by atoms with van der Waals surface area (Å²) in [5.74, 6) is 1.25. The highest BCUT2D eigenvalue weighted by atomic mass is 16.5. The molecule has 1 aliphatic heterocycles. The van der Waals surface area contributed by atoms with E-state index in [1.807, 2.05) is 32.2 Å². The molecule has 2 unspecified atom stereocenters. The van der Waals surface area contributed by atoms with Crippen molar-refractivity contribution in [3.05, 3.63) is 23.8 Å². The molecule has 2 atom stereocenters. The minimum Gasteiger partial charge on any atom is -0.493 e. The maximum absolute atomic E-state index is 12.0. The third-order valence-electron chi connectivity index (χ3n) is 3.92. The smallest absolute Gasteiger partial charge is 0.310 e. The van der Waals surface area contributed by atoms with Crippen LogP contribution in [0.25, 0.3) is 0 Å². The van der Waals surface area contributed by atoms with Crippen molar-refractivity contribution in [3.63, 3.8) is 0 Å². The molecule has 1 heterocycles. The fraction of sp³-hybridized carbons (Fsp3) is 0.562. The first-order valence-corrected chi connectivity index (χ1v) is 7.17. The molecule has 0 bridgehead atoms. The largest absolute Gasteiger partial charge is 0.493 e. The molecule has 0 aliphatic carbocycles. The predicted molar refractivity (Wildman–Crippen MR) is 79.9 cm³/mol. The quantitative estimate of drug-likeness (QED) is 0.776. The van der Waals surface area contributed by atoms with Crippen LogP contribution in [0.4, 0.5) is 0 Å². The van der Waals surface area contributed by atoms with Crippen molar-refractivity contribution in [3.8, 4) is 11.5 Å². The number of carbonyl (C=O) groups is 1. The third kappa shape index (κ3) is 3.29. The van der Waals surface area contributed by atoms with E-state index in [1.165, 1.54) is 7.11 Å². The lowest BCUT2D eigenvalue weighted by Crippen LogP contribution is -2.23. The van der Waals surface area contributed by atoms with Gasteiger partial charge in [-0.1, -0.05) is 6.07 Å². The van der Waals surface area contributed by atoms with Crippen molar-refractivity contribution in [2.75, 3.05) is 41.0 Å². The Labute approximate surface area is 125 Å². The van der Waals surface area contributed by atoms with E-state index in [9.17, 15) is 4.79 Å². The van der Waals surface area contributed by atoms with Crippen molar-refractivity contribution in [1.29, 1.82) is 0 Å². The second kappa shape index (κ2) is 6.80. The third-order valence-corrected chi connectivity index (χ3v) is 3.92. The molecule has 1 aromatic carbocycles. The minimum absolute atomic E-state index is 0.118. The van der Waals surface area contributed by atoms with Crippen molar-refractivity contribution in [2.24, 2.45) is 5.92 Å². The van der Waals surface area contributed by atoms with Gasteiger partial charge in [-0.2, -0.15) is 0 Å². The molecule has 0 N–H and O–H groups in total. The number of likely N-dealkylation sites (tertiary alicyclic amines) is 1. The van der Waals surface area contributed by atoms with Crippen LogP contribution in [0.2, 0.25) is 0 Å². The Kier molecular flexibility index (Phi) is 5.07. The summed E-state index contributed by atoms with van der Waals surface area (Å²) in [4.78, 5) is 14.1. The average Bonchev–Trinajstić information content (AvgIpc) is 2.89. The van der Waals surface area contributed by atoms with Gasteiger partial charge >= 0.3 is 5.97 Å². The molecule has 21 heavy (non-hydrogen) atoms. The maximum Gasteiger partial charge on any atom is 0.310 e. The SMILES string of the molecule is CCOc1ccc(C2CN(C)CC2C(=O)OC)cc1OC. The van der Waals surface area contributed by atoms with Gasteiger partial charge in [0.25, 0.3) is 0 Å². The summed E-state index contributed by atoms with van der Waals surface area (Å²) in [7, 11) is 5.08. The van der Waals surface area contributed by atoms with Gasteiger partial charge in [0, 0.05) is 19.0 Å². The molecule has 0 saturated carbocycles. The second-order valence-corrected chi connectivity index (χ2v) is 5.30. The fourth-order valence-corrected chi connectivity index (χ4v) is 2.92. The summed E-state index contributed by atoms with van der Waals surface area (Å²) in [5, 5.41) is 0. The van der Waals surface area contributed by atoms with Crippen molar-refractivity contribution in [1.82, 2.24) is 4.90 Å². The number of methoxy groups -OCH3 is 2. The molecule has 5 nitrogen and oxygen atoms in total. The van der Waals surface area contributed by atoms with Crippen LogP contribution in [0.15, 0.2) is 18.2 Å².